The third-order valence-corrected chi connectivity index (χ3v) is 7.06. The van der Waals surface area contributed by atoms with Crippen LogP contribution < -0.4 is 4.74 Å². The van der Waals surface area contributed by atoms with Crippen LogP contribution in [0.15, 0.2) is 58.3 Å². The summed E-state index contributed by atoms with van der Waals surface area (Å²) in [5, 5.41) is 8.87. The Bertz CT molecular complexity index is 675. The molecule has 2 aromatic carbocycles. The van der Waals surface area contributed by atoms with Crippen LogP contribution in [0.1, 0.15) is 17.2 Å². The summed E-state index contributed by atoms with van der Waals surface area (Å²) in [4.78, 5) is 1.64. The lowest BCUT2D eigenvalue weighted by Gasteiger charge is -2.27. The first-order valence-corrected chi connectivity index (χ1v) is 10.1. The van der Waals surface area contributed by atoms with E-state index in [1.165, 1.54) is 0 Å². The van der Waals surface area contributed by atoms with Crippen LogP contribution in [-0.4, -0.2) is 33.2 Å². The number of hydrogen-bond acceptors (Lipinski definition) is 5. The first kappa shape index (κ1) is 16.7. The predicted molar refractivity (Wildman–Crippen MR) is 94.7 cm³/mol. The molecule has 3 N–H and O–H groups in total. The van der Waals surface area contributed by atoms with Gasteiger partial charge in [0, 0.05) is 13.0 Å². The van der Waals surface area contributed by atoms with Crippen LogP contribution in [0.3, 0.4) is 0 Å². The minimum atomic E-state index is -2.70. The van der Waals surface area contributed by atoms with Gasteiger partial charge in [0.2, 0.25) is 0 Å². The van der Waals surface area contributed by atoms with Gasteiger partial charge in [-0.2, -0.15) is 10.6 Å². The van der Waals surface area contributed by atoms with Crippen LogP contribution >= 0.6 is 22.4 Å². The molecule has 2 aromatic rings. The minimum Gasteiger partial charge on any atom is -0.492 e. The third-order valence-electron chi connectivity index (χ3n) is 3.68. The van der Waals surface area contributed by atoms with Crippen molar-refractivity contribution >= 4 is 22.4 Å². The lowest BCUT2D eigenvalue weighted by atomic mass is 10.2. The molecule has 6 heteroatoms. The number of para-hydroxylation sites is 1. The molecule has 1 heterocycles. The van der Waals surface area contributed by atoms with Crippen LogP contribution in [0.25, 0.3) is 0 Å². The summed E-state index contributed by atoms with van der Waals surface area (Å²) in [5.74, 6) is 1.11. The van der Waals surface area contributed by atoms with E-state index in [-0.39, 0.29) is 11.9 Å². The van der Waals surface area contributed by atoms with Crippen LogP contribution in [0.5, 0.6) is 5.75 Å². The molecule has 124 valence electrons. The van der Waals surface area contributed by atoms with Crippen molar-refractivity contribution in [2.75, 3.05) is 19.0 Å². The molecular weight excluding hydrogens is 332 g/mol. The van der Waals surface area contributed by atoms with E-state index < -0.39 is 10.6 Å². The molecule has 0 saturated carbocycles. The second-order valence-corrected chi connectivity index (χ2v) is 8.70. The largest absolute Gasteiger partial charge is 0.492 e. The first-order chi connectivity index (χ1) is 11.1. The summed E-state index contributed by atoms with van der Waals surface area (Å²) in [6.07, 6.45) is 0.589. The molecule has 0 aliphatic carbocycles. The van der Waals surface area contributed by atoms with E-state index in [9.17, 15) is 9.11 Å². The zero-order valence-electron chi connectivity index (χ0n) is 12.6. The zero-order chi connectivity index (χ0) is 16.3. The van der Waals surface area contributed by atoms with E-state index in [4.69, 9.17) is 9.84 Å². The third kappa shape index (κ3) is 3.67. The van der Waals surface area contributed by atoms with Crippen LogP contribution in [-0.2, 0) is 0 Å². The number of fused-ring (bicyclic) bond motifs is 1. The van der Waals surface area contributed by atoms with Gasteiger partial charge in [0.25, 0.3) is 0 Å². The monoisotopic (exact) mass is 352 g/mol. The van der Waals surface area contributed by atoms with Gasteiger partial charge in [0.1, 0.15) is 5.75 Å². The number of aliphatic hydroxyl groups excluding tert-OH is 1. The normalized spacial score (nSPS) is 20.0. The minimum absolute atomic E-state index is 0.00112. The number of aliphatic hydroxyl groups is 1. The average molecular weight is 352 g/mol. The Morgan fingerprint density at radius 3 is 2.65 bits per heavy atom. The highest BCUT2D eigenvalue weighted by Gasteiger charge is 2.35. The van der Waals surface area contributed by atoms with Crippen LogP contribution in [0.2, 0.25) is 0 Å². The molecule has 0 aromatic heterocycles. The van der Waals surface area contributed by atoms with Crippen molar-refractivity contribution in [3.05, 3.63) is 54.1 Å². The quantitative estimate of drug-likeness (QED) is 0.672. The van der Waals surface area contributed by atoms with E-state index in [1.54, 1.807) is 17.8 Å². The summed E-state index contributed by atoms with van der Waals surface area (Å²) < 4.78 is 26.3. The second-order valence-electron chi connectivity index (χ2n) is 5.35. The molecular formula is C17H20O4S2. The van der Waals surface area contributed by atoms with Crippen molar-refractivity contribution in [2.45, 2.75) is 21.5 Å². The number of benzene rings is 2. The Morgan fingerprint density at radius 1 is 1.09 bits per heavy atom. The molecule has 1 atom stereocenters. The maximum atomic E-state index is 10.3. The van der Waals surface area contributed by atoms with Crippen molar-refractivity contribution in [3.8, 4) is 5.75 Å². The summed E-state index contributed by atoms with van der Waals surface area (Å²) in [5.41, 5.74) is 0.989. The van der Waals surface area contributed by atoms with Gasteiger partial charge in [0.05, 0.1) is 27.4 Å². The summed E-state index contributed by atoms with van der Waals surface area (Å²) >= 11 is 1.59. The van der Waals surface area contributed by atoms with Crippen molar-refractivity contribution < 1.29 is 18.9 Å². The average Bonchev–Trinajstić information content (AvgIpc) is 2.81. The van der Waals surface area contributed by atoms with Gasteiger partial charge in [0.15, 0.2) is 0 Å². The number of hydrogen-bond donors (Lipinski definition) is 3. The van der Waals surface area contributed by atoms with E-state index in [1.807, 2.05) is 42.5 Å². The van der Waals surface area contributed by atoms with Gasteiger partial charge >= 0.3 is 0 Å². The Balaban J connectivity index is 1.81. The van der Waals surface area contributed by atoms with Crippen LogP contribution in [0.4, 0.5) is 0 Å². The molecule has 0 spiro atoms. The zero-order valence-corrected chi connectivity index (χ0v) is 14.2. The molecule has 0 bridgehead atoms. The second kappa shape index (κ2) is 7.15. The highest BCUT2D eigenvalue weighted by molar-refractivity contribution is 8.25. The summed E-state index contributed by atoms with van der Waals surface area (Å²) in [6, 6.07) is 15.3. The maximum Gasteiger partial charge on any atom is 0.132 e. The fourth-order valence-electron chi connectivity index (χ4n) is 2.60. The van der Waals surface area contributed by atoms with Gasteiger partial charge in [-0.3, -0.25) is 9.11 Å². The van der Waals surface area contributed by atoms with Gasteiger partial charge in [-0.25, -0.2) is 0 Å². The van der Waals surface area contributed by atoms with Gasteiger partial charge in [-0.15, -0.1) is 11.8 Å². The Kier molecular flexibility index (Phi) is 5.18. The molecule has 1 aliphatic rings. The van der Waals surface area contributed by atoms with E-state index >= 15 is 0 Å². The molecule has 1 aliphatic heterocycles. The SMILES string of the molecule is OCCCOc1ccccc1SC1CS(O)(O)c2ccccc21. The maximum absolute atomic E-state index is 10.3. The Hall–Kier alpha value is -1.18. The van der Waals surface area contributed by atoms with Crippen molar-refractivity contribution in [1.29, 1.82) is 0 Å². The fraction of sp³-hybridized carbons (Fsp3) is 0.294. The summed E-state index contributed by atoms with van der Waals surface area (Å²) in [6.45, 7) is 0.566. The lowest BCUT2D eigenvalue weighted by molar-refractivity contribution is 0.231. The number of thioether (sulfide) groups is 1. The smallest absolute Gasteiger partial charge is 0.132 e. The Morgan fingerprint density at radius 2 is 1.83 bits per heavy atom. The van der Waals surface area contributed by atoms with E-state index in [2.05, 4.69) is 0 Å². The molecule has 1 unspecified atom stereocenters. The number of rotatable bonds is 6. The Labute approximate surface area is 141 Å². The highest BCUT2D eigenvalue weighted by Crippen LogP contribution is 2.63. The van der Waals surface area contributed by atoms with E-state index in [0.29, 0.717) is 23.7 Å². The predicted octanol–water partition coefficient (Wildman–Crippen LogP) is 4.40. The molecule has 0 fully saturated rings. The fourth-order valence-corrected chi connectivity index (χ4v) is 6.22. The molecule has 23 heavy (non-hydrogen) atoms. The molecule has 0 radical (unpaired) electrons. The highest BCUT2D eigenvalue weighted by atomic mass is 32.3. The standard InChI is InChI=1S/C17H20O4S2/c18-10-5-11-21-14-7-2-3-8-15(14)22-16-12-23(19,20)17-9-4-1-6-13(16)17/h1-4,6-9,16,18-20H,5,10-12H2. The van der Waals surface area contributed by atoms with Gasteiger partial charge in [-0.05, 0) is 23.8 Å². The molecule has 0 amide bonds. The molecule has 0 saturated heterocycles. The van der Waals surface area contributed by atoms with Crippen molar-refractivity contribution in [2.24, 2.45) is 0 Å². The molecule has 4 nitrogen and oxygen atoms in total. The van der Waals surface area contributed by atoms with Gasteiger partial charge in [-0.1, -0.05) is 30.3 Å². The van der Waals surface area contributed by atoms with Crippen LogP contribution in [0, 0.1) is 0 Å². The number of ether oxygens (including phenoxy) is 1. The van der Waals surface area contributed by atoms with E-state index in [0.717, 1.165) is 16.2 Å². The lowest BCUT2D eigenvalue weighted by Crippen LogP contribution is -2.02. The van der Waals surface area contributed by atoms with Crippen molar-refractivity contribution in [3.63, 3.8) is 0 Å². The summed E-state index contributed by atoms with van der Waals surface area (Å²) in [7, 11) is -2.70. The first-order valence-electron chi connectivity index (χ1n) is 7.46. The topological polar surface area (TPSA) is 69.9 Å². The van der Waals surface area contributed by atoms with Crippen molar-refractivity contribution in [1.82, 2.24) is 0 Å². The van der Waals surface area contributed by atoms with Gasteiger partial charge < -0.3 is 9.84 Å². The molecule has 3 rings (SSSR count).